The molecular weight excluding hydrogens is 166 g/mol. The summed E-state index contributed by atoms with van der Waals surface area (Å²) in [6, 6.07) is 0. The van der Waals surface area contributed by atoms with Crippen LogP contribution in [0.1, 0.15) is 20.8 Å². The predicted octanol–water partition coefficient (Wildman–Crippen LogP) is 3.13. The first kappa shape index (κ1) is 11.7. The van der Waals surface area contributed by atoms with Crippen LogP contribution in [0.25, 0.3) is 4.85 Å². The number of hydrogen-bond acceptors (Lipinski definition) is 1. The zero-order valence-corrected chi connectivity index (χ0v) is 9.93. The van der Waals surface area contributed by atoms with E-state index in [1.54, 1.807) is 0 Å². The van der Waals surface area contributed by atoms with Gasteiger partial charge < -0.3 is 4.43 Å². The summed E-state index contributed by atoms with van der Waals surface area (Å²) < 4.78 is 5.82. The van der Waals surface area contributed by atoms with Crippen LogP contribution in [-0.2, 0) is 4.43 Å². The molecule has 0 aromatic carbocycles. The van der Waals surface area contributed by atoms with Crippen LogP contribution in [0.15, 0.2) is 0 Å². The Labute approximate surface area is 76.9 Å². The average Bonchev–Trinajstić information content (AvgIpc) is 1.83. The third kappa shape index (κ3) is 3.38. The Morgan fingerprint density at radius 2 is 1.75 bits per heavy atom. The minimum absolute atomic E-state index is 0.252. The minimum Gasteiger partial charge on any atom is -0.351 e. The number of hydrogen-bond donors (Lipinski definition) is 0. The molecule has 0 aliphatic carbocycles. The fourth-order valence-electron chi connectivity index (χ4n) is 0.890. The summed E-state index contributed by atoms with van der Waals surface area (Å²) in [7, 11) is -1.59. The molecule has 1 atom stereocenters. The minimum atomic E-state index is -1.59. The molecule has 0 heterocycles. The predicted molar refractivity (Wildman–Crippen MR) is 54.3 cm³/mol. The summed E-state index contributed by atoms with van der Waals surface area (Å²) in [5.74, 6) is 0.252. The highest BCUT2D eigenvalue weighted by Crippen LogP contribution is 2.27. The Balaban J connectivity index is 4.49. The van der Waals surface area contributed by atoms with Crippen LogP contribution >= 0.6 is 0 Å². The van der Waals surface area contributed by atoms with E-state index in [2.05, 4.69) is 24.5 Å². The highest BCUT2D eigenvalue weighted by atomic mass is 28.4. The third-order valence-corrected chi connectivity index (χ3v) is 2.83. The molecule has 0 aliphatic rings. The molecule has 0 bridgehead atoms. The maximum atomic E-state index is 7.09. The molecule has 0 amide bonds. The first-order chi connectivity index (χ1) is 5.21. The van der Waals surface area contributed by atoms with E-state index in [-0.39, 0.29) is 5.92 Å². The lowest BCUT2D eigenvalue weighted by Gasteiger charge is -2.28. The monoisotopic (exact) mass is 185 g/mol. The van der Waals surface area contributed by atoms with Gasteiger partial charge in [-0.25, -0.2) is 6.57 Å². The summed E-state index contributed by atoms with van der Waals surface area (Å²) in [4.78, 5) is 3.57. The summed E-state index contributed by atoms with van der Waals surface area (Å²) in [6.45, 7) is 19.3. The van der Waals surface area contributed by atoms with Gasteiger partial charge in [0.1, 0.15) is 0 Å². The first-order valence-electron chi connectivity index (χ1n) is 4.30. The van der Waals surface area contributed by atoms with Crippen LogP contribution in [-0.4, -0.2) is 14.0 Å². The highest BCUT2D eigenvalue weighted by Gasteiger charge is 2.40. The quantitative estimate of drug-likeness (QED) is 0.486. The van der Waals surface area contributed by atoms with E-state index >= 15 is 0 Å². The lowest BCUT2D eigenvalue weighted by molar-refractivity contribution is 0.0794. The Bertz CT molecular complexity index is 190. The van der Waals surface area contributed by atoms with Gasteiger partial charge in [-0.2, -0.15) is 0 Å². The highest BCUT2D eigenvalue weighted by molar-refractivity contribution is 6.69. The van der Waals surface area contributed by atoms with Crippen molar-refractivity contribution in [1.82, 2.24) is 0 Å². The van der Waals surface area contributed by atoms with E-state index in [0.717, 1.165) is 0 Å². The topological polar surface area (TPSA) is 13.6 Å². The first-order valence-corrected chi connectivity index (χ1v) is 7.71. The second kappa shape index (κ2) is 3.59. The molecule has 70 valence electrons. The zero-order chi connectivity index (χ0) is 9.99. The van der Waals surface area contributed by atoms with Gasteiger partial charge in [0.15, 0.2) is 8.32 Å². The Morgan fingerprint density at radius 3 is 1.83 bits per heavy atom. The van der Waals surface area contributed by atoms with Gasteiger partial charge in [-0.3, -0.25) is 4.85 Å². The lowest BCUT2D eigenvalue weighted by atomic mass is 10.0. The number of rotatable bonds is 3. The van der Waals surface area contributed by atoms with Crippen LogP contribution < -0.4 is 0 Å². The van der Waals surface area contributed by atoms with Crippen molar-refractivity contribution in [3.63, 3.8) is 0 Å². The summed E-state index contributed by atoms with van der Waals surface area (Å²) in [5, 5.41) is 0. The number of nitrogens with zero attached hydrogens (tertiary/aromatic N) is 1. The normalized spacial score (nSPS) is 17.2. The van der Waals surface area contributed by atoms with Crippen molar-refractivity contribution in [3.05, 3.63) is 11.4 Å². The molecule has 0 aliphatic heterocycles. The van der Waals surface area contributed by atoms with Gasteiger partial charge in [-0.05, 0) is 19.6 Å². The molecule has 0 aromatic heterocycles. The largest absolute Gasteiger partial charge is 0.351 e. The van der Waals surface area contributed by atoms with Crippen LogP contribution in [0.2, 0.25) is 19.6 Å². The second-order valence-electron chi connectivity index (χ2n) is 4.54. The fraction of sp³-hybridized carbons (Fsp3) is 0.889. The molecule has 0 rings (SSSR count). The molecule has 0 radical (unpaired) electrons. The van der Waals surface area contributed by atoms with Crippen molar-refractivity contribution in [2.75, 3.05) is 0 Å². The van der Waals surface area contributed by atoms with E-state index in [1.807, 2.05) is 20.8 Å². The fourth-order valence-corrected chi connectivity index (χ4v) is 2.41. The summed E-state index contributed by atoms with van der Waals surface area (Å²) in [6.07, 6.45) is 0. The Hall–Kier alpha value is -0.333. The maximum absolute atomic E-state index is 7.09. The molecule has 3 heteroatoms. The Morgan fingerprint density at radius 1 is 1.33 bits per heavy atom. The van der Waals surface area contributed by atoms with E-state index in [0.29, 0.717) is 0 Å². The molecule has 0 saturated carbocycles. The van der Waals surface area contributed by atoms with Crippen molar-refractivity contribution < 1.29 is 4.43 Å². The van der Waals surface area contributed by atoms with E-state index in [1.165, 1.54) is 0 Å². The lowest BCUT2D eigenvalue weighted by Crippen LogP contribution is -2.41. The van der Waals surface area contributed by atoms with Gasteiger partial charge >= 0.3 is 5.72 Å². The van der Waals surface area contributed by atoms with Gasteiger partial charge in [-0.15, -0.1) is 0 Å². The molecule has 1 unspecified atom stereocenters. The standard InChI is InChI=1S/C9H19NOSi/c1-8(2)9(3,10-4)11-12(5,6)7/h8H,1-3,5-7H3. The van der Waals surface area contributed by atoms with Gasteiger partial charge in [-0.1, -0.05) is 13.8 Å². The van der Waals surface area contributed by atoms with Gasteiger partial charge in [0, 0.05) is 6.92 Å². The van der Waals surface area contributed by atoms with Crippen molar-refractivity contribution in [3.8, 4) is 0 Å². The Kier molecular flexibility index (Phi) is 3.49. The smallest absolute Gasteiger partial charge is 0.327 e. The zero-order valence-electron chi connectivity index (χ0n) is 8.93. The molecule has 0 fully saturated rings. The summed E-state index contributed by atoms with van der Waals surface area (Å²) >= 11 is 0. The van der Waals surface area contributed by atoms with E-state index in [9.17, 15) is 0 Å². The molecule has 2 nitrogen and oxygen atoms in total. The molecule has 0 aromatic rings. The van der Waals surface area contributed by atoms with Crippen molar-refractivity contribution in [2.24, 2.45) is 5.92 Å². The van der Waals surface area contributed by atoms with Crippen LogP contribution in [0, 0.1) is 12.5 Å². The maximum Gasteiger partial charge on any atom is 0.327 e. The molecule has 12 heavy (non-hydrogen) atoms. The second-order valence-corrected chi connectivity index (χ2v) is 8.96. The van der Waals surface area contributed by atoms with Crippen molar-refractivity contribution in [2.45, 2.75) is 46.1 Å². The van der Waals surface area contributed by atoms with Gasteiger partial charge in [0.2, 0.25) is 0 Å². The van der Waals surface area contributed by atoms with E-state index < -0.39 is 14.0 Å². The average molecular weight is 185 g/mol. The van der Waals surface area contributed by atoms with Crippen LogP contribution in [0.5, 0.6) is 0 Å². The van der Waals surface area contributed by atoms with Crippen LogP contribution in [0.3, 0.4) is 0 Å². The SMILES string of the molecule is [C-]#[N+]C(C)(O[Si](C)(C)C)C(C)C. The van der Waals surface area contributed by atoms with Crippen molar-refractivity contribution >= 4 is 8.32 Å². The summed E-state index contributed by atoms with van der Waals surface area (Å²) in [5.41, 5.74) is -0.621. The molecule has 0 N–H and O–H groups in total. The molecule has 0 spiro atoms. The third-order valence-electron chi connectivity index (χ3n) is 1.81. The van der Waals surface area contributed by atoms with Crippen molar-refractivity contribution in [1.29, 1.82) is 0 Å². The van der Waals surface area contributed by atoms with Gasteiger partial charge in [0.25, 0.3) is 0 Å². The molecule has 0 saturated heterocycles. The van der Waals surface area contributed by atoms with E-state index in [4.69, 9.17) is 11.0 Å². The molecular formula is C9H19NOSi. The van der Waals surface area contributed by atoms with Crippen LogP contribution in [0.4, 0.5) is 0 Å². The van der Waals surface area contributed by atoms with Gasteiger partial charge in [0.05, 0.1) is 5.92 Å².